The van der Waals surface area contributed by atoms with Gasteiger partial charge in [0.15, 0.2) is 0 Å². The molecule has 2 aliphatic heterocycles. The average Bonchev–Trinajstić information content (AvgIpc) is 2.85. The average molecular weight is 315 g/mol. The number of fused-ring (bicyclic) bond motifs is 1. The second-order valence-electron chi connectivity index (χ2n) is 6.42. The van der Waals surface area contributed by atoms with Crippen LogP contribution in [0.1, 0.15) is 17.5 Å². The number of halogens is 3. The van der Waals surface area contributed by atoms with Crippen LogP contribution in [-0.2, 0) is 17.5 Å². The Kier molecular flexibility index (Phi) is 4.18. The number of likely N-dealkylation sites (tertiary alicyclic amines) is 1. The highest BCUT2D eigenvalue weighted by atomic mass is 19.4. The third-order valence-corrected chi connectivity index (χ3v) is 4.89. The smallest absolute Gasteiger partial charge is 0.396 e. The first-order chi connectivity index (χ1) is 10.4. The Bertz CT molecular complexity index is 517. The summed E-state index contributed by atoms with van der Waals surface area (Å²) in [4.78, 5) is 2.21. The molecule has 1 aromatic rings. The SMILES string of the molecule is OC[C@]12COCC[C@H]1CN(Cc1ccc(C(F)(F)F)cc1)C2. The molecule has 0 bridgehead atoms. The first-order valence-corrected chi connectivity index (χ1v) is 7.50. The molecule has 0 spiro atoms. The van der Waals surface area contributed by atoms with E-state index in [1.807, 2.05) is 0 Å². The van der Waals surface area contributed by atoms with Crippen molar-refractivity contribution in [2.45, 2.75) is 19.1 Å². The second-order valence-corrected chi connectivity index (χ2v) is 6.42. The quantitative estimate of drug-likeness (QED) is 0.930. The zero-order valence-corrected chi connectivity index (χ0v) is 12.3. The van der Waals surface area contributed by atoms with Crippen molar-refractivity contribution >= 4 is 0 Å². The van der Waals surface area contributed by atoms with E-state index in [2.05, 4.69) is 4.90 Å². The van der Waals surface area contributed by atoms with Crippen LogP contribution in [0.5, 0.6) is 0 Å². The molecule has 1 N–H and O–H groups in total. The summed E-state index contributed by atoms with van der Waals surface area (Å²) >= 11 is 0. The summed E-state index contributed by atoms with van der Waals surface area (Å²) in [5, 5.41) is 9.73. The van der Waals surface area contributed by atoms with Crippen LogP contribution in [-0.4, -0.2) is 42.9 Å². The Balaban J connectivity index is 1.67. The van der Waals surface area contributed by atoms with Gasteiger partial charge in [-0.2, -0.15) is 13.2 Å². The van der Waals surface area contributed by atoms with Gasteiger partial charge in [-0.25, -0.2) is 0 Å². The summed E-state index contributed by atoms with van der Waals surface area (Å²) in [7, 11) is 0. The summed E-state index contributed by atoms with van der Waals surface area (Å²) in [6, 6.07) is 5.33. The minimum Gasteiger partial charge on any atom is -0.396 e. The van der Waals surface area contributed by atoms with Gasteiger partial charge in [0.1, 0.15) is 0 Å². The maximum Gasteiger partial charge on any atom is 0.416 e. The van der Waals surface area contributed by atoms with Crippen molar-refractivity contribution in [2.75, 3.05) is 32.9 Å². The fraction of sp³-hybridized carbons (Fsp3) is 0.625. The van der Waals surface area contributed by atoms with Gasteiger partial charge in [-0.1, -0.05) is 12.1 Å². The number of aliphatic hydroxyl groups excluding tert-OH is 1. The summed E-state index contributed by atoms with van der Waals surface area (Å²) in [5.74, 6) is 0.403. The largest absolute Gasteiger partial charge is 0.416 e. The molecular formula is C16H20F3NO2. The molecule has 0 unspecified atom stereocenters. The molecule has 2 fully saturated rings. The first kappa shape index (κ1) is 15.8. The molecule has 22 heavy (non-hydrogen) atoms. The van der Waals surface area contributed by atoms with Gasteiger partial charge in [0.25, 0.3) is 0 Å². The van der Waals surface area contributed by atoms with Crippen LogP contribution in [0.15, 0.2) is 24.3 Å². The number of rotatable bonds is 3. The molecule has 122 valence electrons. The van der Waals surface area contributed by atoms with E-state index in [1.165, 1.54) is 12.1 Å². The van der Waals surface area contributed by atoms with Crippen molar-refractivity contribution in [3.05, 3.63) is 35.4 Å². The highest BCUT2D eigenvalue weighted by Crippen LogP contribution is 2.41. The predicted molar refractivity (Wildman–Crippen MR) is 75.2 cm³/mol. The van der Waals surface area contributed by atoms with Crippen molar-refractivity contribution < 1.29 is 23.0 Å². The molecule has 0 aliphatic carbocycles. The fourth-order valence-corrected chi connectivity index (χ4v) is 3.61. The van der Waals surface area contributed by atoms with E-state index >= 15 is 0 Å². The second kappa shape index (κ2) is 5.83. The molecule has 2 aliphatic rings. The van der Waals surface area contributed by atoms with Crippen molar-refractivity contribution in [1.29, 1.82) is 0 Å². The molecular weight excluding hydrogens is 295 g/mol. The van der Waals surface area contributed by atoms with E-state index in [0.717, 1.165) is 43.8 Å². The van der Waals surface area contributed by atoms with E-state index < -0.39 is 11.7 Å². The van der Waals surface area contributed by atoms with Gasteiger partial charge >= 0.3 is 6.18 Å². The zero-order chi connectivity index (χ0) is 15.8. The molecule has 0 radical (unpaired) electrons. The lowest BCUT2D eigenvalue weighted by Gasteiger charge is -2.36. The minimum atomic E-state index is -4.29. The van der Waals surface area contributed by atoms with Crippen LogP contribution >= 0.6 is 0 Å². The van der Waals surface area contributed by atoms with Gasteiger partial charge in [-0.3, -0.25) is 4.90 Å². The van der Waals surface area contributed by atoms with Gasteiger partial charge in [0, 0.05) is 31.7 Å². The third-order valence-electron chi connectivity index (χ3n) is 4.89. The van der Waals surface area contributed by atoms with E-state index in [1.54, 1.807) is 0 Å². The molecule has 3 nitrogen and oxygen atoms in total. The maximum atomic E-state index is 12.6. The number of aliphatic hydroxyl groups is 1. The summed E-state index contributed by atoms with van der Waals surface area (Å²) in [6.07, 6.45) is -3.36. The van der Waals surface area contributed by atoms with E-state index in [4.69, 9.17) is 4.74 Å². The number of ether oxygens (including phenoxy) is 1. The summed E-state index contributed by atoms with van der Waals surface area (Å²) in [6.45, 7) is 3.59. The van der Waals surface area contributed by atoms with Gasteiger partial charge < -0.3 is 9.84 Å². The molecule has 0 amide bonds. The van der Waals surface area contributed by atoms with Gasteiger partial charge in [-0.15, -0.1) is 0 Å². The lowest BCUT2D eigenvalue weighted by atomic mass is 9.76. The lowest BCUT2D eigenvalue weighted by Crippen LogP contribution is -2.42. The molecule has 2 saturated heterocycles. The van der Waals surface area contributed by atoms with Crippen LogP contribution in [0.2, 0.25) is 0 Å². The van der Waals surface area contributed by atoms with Crippen molar-refractivity contribution in [3.8, 4) is 0 Å². The fourth-order valence-electron chi connectivity index (χ4n) is 3.61. The minimum absolute atomic E-state index is 0.0984. The van der Waals surface area contributed by atoms with E-state index in [0.29, 0.717) is 19.1 Å². The normalized spacial score (nSPS) is 29.5. The lowest BCUT2D eigenvalue weighted by molar-refractivity contribution is -0.137. The predicted octanol–water partition coefficient (Wildman–Crippen LogP) is 2.54. The Labute approximate surface area is 127 Å². The highest BCUT2D eigenvalue weighted by Gasteiger charge is 2.47. The Morgan fingerprint density at radius 2 is 2.00 bits per heavy atom. The Hall–Kier alpha value is -1.11. The van der Waals surface area contributed by atoms with Crippen molar-refractivity contribution in [3.63, 3.8) is 0 Å². The Morgan fingerprint density at radius 1 is 1.27 bits per heavy atom. The van der Waals surface area contributed by atoms with Crippen molar-refractivity contribution in [1.82, 2.24) is 4.90 Å². The van der Waals surface area contributed by atoms with E-state index in [-0.39, 0.29) is 12.0 Å². The van der Waals surface area contributed by atoms with Gasteiger partial charge in [-0.05, 0) is 30.0 Å². The molecule has 2 atom stereocenters. The number of nitrogens with zero attached hydrogens (tertiary/aromatic N) is 1. The van der Waals surface area contributed by atoms with Crippen LogP contribution in [0.4, 0.5) is 13.2 Å². The maximum absolute atomic E-state index is 12.6. The first-order valence-electron chi connectivity index (χ1n) is 7.50. The number of hydrogen-bond acceptors (Lipinski definition) is 3. The summed E-state index contributed by atoms with van der Waals surface area (Å²) < 4.78 is 43.2. The highest BCUT2D eigenvalue weighted by molar-refractivity contribution is 5.24. The number of hydrogen-bond donors (Lipinski definition) is 1. The van der Waals surface area contributed by atoms with E-state index in [9.17, 15) is 18.3 Å². The van der Waals surface area contributed by atoms with Gasteiger partial charge in [0.2, 0.25) is 0 Å². The monoisotopic (exact) mass is 315 g/mol. The van der Waals surface area contributed by atoms with Crippen LogP contribution in [0.25, 0.3) is 0 Å². The molecule has 2 heterocycles. The number of benzene rings is 1. The van der Waals surface area contributed by atoms with Crippen LogP contribution < -0.4 is 0 Å². The molecule has 0 saturated carbocycles. The van der Waals surface area contributed by atoms with Crippen molar-refractivity contribution in [2.24, 2.45) is 11.3 Å². The number of alkyl halides is 3. The standard InChI is InChI=1S/C16H20F3NO2/c17-16(18,19)13-3-1-12(2-4-13)7-20-8-14-5-6-22-11-15(14,9-20)10-21/h1-4,14,21H,5-11H2/t14-,15+/m0/s1. The molecule has 0 aromatic heterocycles. The van der Waals surface area contributed by atoms with Gasteiger partial charge in [0.05, 0.1) is 18.8 Å². The molecule has 6 heteroatoms. The van der Waals surface area contributed by atoms with Crippen LogP contribution in [0.3, 0.4) is 0 Å². The molecule has 3 rings (SSSR count). The Morgan fingerprint density at radius 3 is 2.59 bits per heavy atom. The summed E-state index contributed by atoms with van der Waals surface area (Å²) in [5.41, 5.74) is 0.0386. The zero-order valence-electron chi connectivity index (χ0n) is 12.3. The molecule has 1 aromatic carbocycles. The third kappa shape index (κ3) is 3.00. The topological polar surface area (TPSA) is 32.7 Å². The van der Waals surface area contributed by atoms with Crippen LogP contribution in [0, 0.1) is 11.3 Å².